The van der Waals surface area contributed by atoms with Crippen molar-refractivity contribution < 1.29 is 22.4 Å². The van der Waals surface area contributed by atoms with E-state index in [-0.39, 0.29) is 11.7 Å². The van der Waals surface area contributed by atoms with Gasteiger partial charge in [0.25, 0.3) is 0 Å². The number of hydrogen-bond acceptors (Lipinski definition) is 4. The largest absolute Gasteiger partial charge is 0.416 e. The summed E-state index contributed by atoms with van der Waals surface area (Å²) >= 11 is 0. The van der Waals surface area contributed by atoms with Gasteiger partial charge in [-0.2, -0.15) is 13.2 Å². The van der Waals surface area contributed by atoms with Crippen LogP contribution in [0, 0.1) is 5.82 Å². The van der Waals surface area contributed by atoms with Gasteiger partial charge in [0.15, 0.2) is 0 Å². The van der Waals surface area contributed by atoms with Crippen LogP contribution in [0.25, 0.3) is 0 Å². The number of anilines is 1. The minimum atomic E-state index is -4.34. The molecule has 178 valence electrons. The summed E-state index contributed by atoms with van der Waals surface area (Å²) in [5.74, 6) is -0.185. The number of carbonyl (C=O) groups is 1. The molecule has 0 aromatic heterocycles. The highest BCUT2D eigenvalue weighted by molar-refractivity contribution is 5.78. The van der Waals surface area contributed by atoms with Gasteiger partial charge >= 0.3 is 6.18 Å². The molecule has 0 radical (unpaired) electrons. The van der Waals surface area contributed by atoms with Crippen LogP contribution < -0.4 is 4.90 Å². The molecule has 0 unspecified atom stereocenters. The van der Waals surface area contributed by atoms with Crippen molar-refractivity contribution in [2.45, 2.75) is 12.7 Å². The molecule has 0 spiro atoms. The molecule has 2 aromatic rings. The second-order valence-electron chi connectivity index (χ2n) is 8.57. The maximum absolute atomic E-state index is 14.0. The summed E-state index contributed by atoms with van der Waals surface area (Å²) in [6, 6.07) is 12.1. The Morgan fingerprint density at radius 1 is 0.818 bits per heavy atom. The van der Waals surface area contributed by atoms with Gasteiger partial charge in [0.05, 0.1) is 17.8 Å². The molecular weight excluding hydrogens is 436 g/mol. The van der Waals surface area contributed by atoms with Crippen molar-refractivity contribution in [1.82, 2.24) is 14.7 Å². The number of hydrogen-bond donors (Lipinski definition) is 0. The fourth-order valence-electron chi connectivity index (χ4n) is 4.41. The maximum Gasteiger partial charge on any atom is 0.416 e. The average Bonchev–Trinajstić information content (AvgIpc) is 2.80. The van der Waals surface area contributed by atoms with Crippen LogP contribution in [-0.2, 0) is 17.5 Å². The molecule has 5 nitrogen and oxygen atoms in total. The number of halogens is 4. The zero-order valence-corrected chi connectivity index (χ0v) is 18.4. The molecule has 33 heavy (non-hydrogen) atoms. The van der Waals surface area contributed by atoms with Crippen molar-refractivity contribution in [1.29, 1.82) is 0 Å². The number of nitrogens with zero attached hydrogens (tertiary/aromatic N) is 4. The Balaban J connectivity index is 1.21. The highest BCUT2D eigenvalue weighted by Gasteiger charge is 2.31. The summed E-state index contributed by atoms with van der Waals surface area (Å²) in [5, 5.41) is 0. The third-order valence-corrected chi connectivity index (χ3v) is 6.31. The monoisotopic (exact) mass is 464 g/mol. The zero-order valence-electron chi connectivity index (χ0n) is 18.4. The lowest BCUT2D eigenvalue weighted by atomic mass is 10.1. The summed E-state index contributed by atoms with van der Waals surface area (Å²) in [4.78, 5) is 20.7. The molecular formula is C24H28F4N4O. The van der Waals surface area contributed by atoms with Gasteiger partial charge in [-0.3, -0.25) is 14.6 Å². The van der Waals surface area contributed by atoms with Gasteiger partial charge in [0.1, 0.15) is 5.82 Å². The second-order valence-corrected chi connectivity index (χ2v) is 8.57. The standard InChI is InChI=1S/C24H28F4N4O/c25-21-6-1-2-7-22(21)31-12-14-32(15-13-31)23(33)18-30-10-8-29(9-11-30)17-19-4-3-5-20(16-19)24(26,27)28/h1-7,16H,8-15,17-18H2. The number of para-hydroxylation sites is 1. The summed E-state index contributed by atoms with van der Waals surface area (Å²) in [7, 11) is 0. The summed E-state index contributed by atoms with van der Waals surface area (Å²) in [5.41, 5.74) is 0.586. The van der Waals surface area contributed by atoms with Gasteiger partial charge in [-0.15, -0.1) is 0 Å². The minimum absolute atomic E-state index is 0.0644. The van der Waals surface area contributed by atoms with Gasteiger partial charge in [-0.1, -0.05) is 30.3 Å². The molecule has 2 aliphatic heterocycles. The topological polar surface area (TPSA) is 30.0 Å². The van der Waals surface area contributed by atoms with Crippen LogP contribution in [-0.4, -0.2) is 79.5 Å². The van der Waals surface area contributed by atoms with Crippen LogP contribution in [0.5, 0.6) is 0 Å². The van der Waals surface area contributed by atoms with Crippen LogP contribution in [0.3, 0.4) is 0 Å². The number of benzene rings is 2. The van der Waals surface area contributed by atoms with Crippen LogP contribution >= 0.6 is 0 Å². The third-order valence-electron chi connectivity index (χ3n) is 6.31. The summed E-state index contributed by atoms with van der Waals surface area (Å²) in [6.45, 7) is 5.88. The molecule has 2 heterocycles. The number of rotatable bonds is 5. The van der Waals surface area contributed by atoms with Gasteiger partial charge < -0.3 is 9.80 Å². The predicted octanol–water partition coefficient (Wildman–Crippen LogP) is 3.31. The Morgan fingerprint density at radius 2 is 1.48 bits per heavy atom. The van der Waals surface area contributed by atoms with Crippen molar-refractivity contribution in [2.75, 3.05) is 63.8 Å². The highest BCUT2D eigenvalue weighted by Crippen LogP contribution is 2.29. The number of amides is 1. The smallest absolute Gasteiger partial charge is 0.366 e. The minimum Gasteiger partial charge on any atom is -0.366 e. The molecule has 0 N–H and O–H groups in total. The predicted molar refractivity (Wildman–Crippen MR) is 118 cm³/mol. The number of piperazine rings is 2. The van der Waals surface area contributed by atoms with Crippen molar-refractivity contribution in [2.24, 2.45) is 0 Å². The Labute approximate surface area is 191 Å². The molecule has 4 rings (SSSR count). The zero-order chi connectivity index (χ0) is 23.4. The Kier molecular flexibility index (Phi) is 7.19. The quantitative estimate of drug-likeness (QED) is 0.636. The SMILES string of the molecule is O=C(CN1CCN(Cc2cccc(C(F)(F)F)c2)CC1)N1CCN(c2ccccc2F)CC1. The molecule has 0 aliphatic carbocycles. The fraction of sp³-hybridized carbons (Fsp3) is 0.458. The first kappa shape index (κ1) is 23.5. The van der Waals surface area contributed by atoms with Crippen molar-refractivity contribution in [3.63, 3.8) is 0 Å². The first-order chi connectivity index (χ1) is 15.8. The molecule has 0 saturated carbocycles. The van der Waals surface area contributed by atoms with E-state index >= 15 is 0 Å². The third kappa shape index (κ3) is 6.03. The maximum atomic E-state index is 14.0. The van der Waals surface area contributed by atoms with E-state index < -0.39 is 11.7 Å². The van der Waals surface area contributed by atoms with Gasteiger partial charge in [-0.05, 0) is 23.8 Å². The van der Waals surface area contributed by atoms with Crippen LogP contribution in [0.2, 0.25) is 0 Å². The Hall–Kier alpha value is -2.65. The van der Waals surface area contributed by atoms with E-state index in [1.807, 2.05) is 15.9 Å². The van der Waals surface area contributed by atoms with Gasteiger partial charge in [0, 0.05) is 58.9 Å². The summed E-state index contributed by atoms with van der Waals surface area (Å²) in [6.07, 6.45) is -4.34. The van der Waals surface area contributed by atoms with E-state index in [0.29, 0.717) is 76.7 Å². The molecule has 0 bridgehead atoms. The lowest BCUT2D eigenvalue weighted by Gasteiger charge is -2.38. The molecule has 2 saturated heterocycles. The molecule has 2 aliphatic rings. The Bertz CT molecular complexity index is 951. The number of carbonyl (C=O) groups excluding carboxylic acids is 1. The lowest BCUT2D eigenvalue weighted by Crippen LogP contribution is -2.53. The lowest BCUT2D eigenvalue weighted by molar-refractivity contribution is -0.137. The van der Waals surface area contributed by atoms with Gasteiger partial charge in [-0.25, -0.2) is 4.39 Å². The Morgan fingerprint density at radius 3 is 2.15 bits per heavy atom. The van der Waals surface area contributed by atoms with Crippen molar-refractivity contribution in [3.05, 3.63) is 65.5 Å². The molecule has 9 heteroatoms. The second kappa shape index (κ2) is 10.1. The summed E-state index contributed by atoms with van der Waals surface area (Å²) < 4.78 is 52.8. The molecule has 1 amide bonds. The van der Waals surface area contributed by atoms with E-state index in [2.05, 4.69) is 9.80 Å². The molecule has 2 aromatic carbocycles. The van der Waals surface area contributed by atoms with Crippen LogP contribution in [0.1, 0.15) is 11.1 Å². The van der Waals surface area contributed by atoms with E-state index in [1.54, 1.807) is 18.2 Å². The first-order valence-electron chi connectivity index (χ1n) is 11.2. The average molecular weight is 465 g/mol. The molecule has 0 atom stereocenters. The van der Waals surface area contributed by atoms with Crippen molar-refractivity contribution >= 4 is 11.6 Å². The number of alkyl halides is 3. The molecule has 2 fully saturated rings. The van der Waals surface area contributed by atoms with E-state index in [4.69, 9.17) is 0 Å². The normalized spacial score (nSPS) is 18.5. The van der Waals surface area contributed by atoms with E-state index in [0.717, 1.165) is 6.07 Å². The van der Waals surface area contributed by atoms with Crippen LogP contribution in [0.15, 0.2) is 48.5 Å². The van der Waals surface area contributed by atoms with E-state index in [9.17, 15) is 22.4 Å². The first-order valence-corrected chi connectivity index (χ1v) is 11.2. The highest BCUT2D eigenvalue weighted by atomic mass is 19.4. The van der Waals surface area contributed by atoms with E-state index in [1.165, 1.54) is 18.2 Å². The van der Waals surface area contributed by atoms with Gasteiger partial charge in [0.2, 0.25) is 5.91 Å². The fourth-order valence-corrected chi connectivity index (χ4v) is 4.41. The van der Waals surface area contributed by atoms with Crippen LogP contribution in [0.4, 0.5) is 23.2 Å². The van der Waals surface area contributed by atoms with Crippen molar-refractivity contribution in [3.8, 4) is 0 Å².